The van der Waals surface area contributed by atoms with Crippen LogP contribution < -0.4 is 5.32 Å². The summed E-state index contributed by atoms with van der Waals surface area (Å²) in [6.45, 7) is 0.881. The van der Waals surface area contributed by atoms with Gasteiger partial charge in [-0.05, 0) is 28.1 Å². The smallest absolute Gasteiger partial charge is 0.243 e. The van der Waals surface area contributed by atoms with Crippen LogP contribution >= 0.6 is 27.3 Å². The number of imide groups is 1. The molecule has 1 aromatic heterocycles. The van der Waals surface area contributed by atoms with Gasteiger partial charge in [0.1, 0.15) is 0 Å². The van der Waals surface area contributed by atoms with Crippen LogP contribution in [0.4, 0.5) is 0 Å². The molecule has 4 nitrogen and oxygen atoms in total. The van der Waals surface area contributed by atoms with Crippen LogP contribution in [0.25, 0.3) is 0 Å². The minimum absolute atomic E-state index is 0.157. The molecule has 0 radical (unpaired) electrons. The molecule has 2 heterocycles. The number of piperazine rings is 1. The van der Waals surface area contributed by atoms with Crippen molar-refractivity contribution in [3.63, 3.8) is 0 Å². The number of thiophene rings is 1. The lowest BCUT2D eigenvalue weighted by atomic mass is 10.3. The largest absolute Gasteiger partial charge is 0.300 e. The van der Waals surface area contributed by atoms with Crippen molar-refractivity contribution < 1.29 is 9.59 Å². The van der Waals surface area contributed by atoms with Crippen molar-refractivity contribution in [1.29, 1.82) is 0 Å². The third kappa shape index (κ3) is 2.45. The second-order valence-corrected chi connectivity index (χ2v) is 5.73. The maximum atomic E-state index is 11.5. The zero-order chi connectivity index (χ0) is 10.8. The van der Waals surface area contributed by atoms with Gasteiger partial charge in [-0.2, -0.15) is 0 Å². The summed E-state index contributed by atoms with van der Waals surface area (Å²) in [5, 5.41) is 2.76. The fourth-order valence-electron chi connectivity index (χ4n) is 1.38. The third-order valence-electron chi connectivity index (χ3n) is 2.10. The molecule has 0 spiro atoms. The molecule has 1 fully saturated rings. The van der Waals surface area contributed by atoms with Gasteiger partial charge in [-0.25, -0.2) is 0 Å². The van der Waals surface area contributed by atoms with Crippen LogP contribution in [0.15, 0.2) is 15.9 Å². The number of nitrogens with one attached hydrogen (secondary N) is 1. The number of halogens is 1. The average molecular weight is 289 g/mol. The monoisotopic (exact) mass is 288 g/mol. The zero-order valence-electron chi connectivity index (χ0n) is 7.83. The number of amides is 2. The number of rotatable bonds is 2. The summed E-state index contributed by atoms with van der Waals surface area (Å²) in [5.74, 6) is -0.313. The average Bonchev–Trinajstić information content (AvgIpc) is 2.58. The molecule has 80 valence electrons. The minimum Gasteiger partial charge on any atom is -0.300 e. The Kier molecular flexibility index (Phi) is 3.18. The van der Waals surface area contributed by atoms with Gasteiger partial charge >= 0.3 is 0 Å². The maximum absolute atomic E-state index is 11.5. The van der Waals surface area contributed by atoms with Gasteiger partial charge < -0.3 is 0 Å². The molecular weight excluding hydrogens is 280 g/mol. The van der Waals surface area contributed by atoms with E-state index in [1.54, 1.807) is 0 Å². The Labute approximate surface area is 99.4 Å². The molecule has 0 saturated carbocycles. The number of carbonyl (C=O) groups is 2. The van der Waals surface area contributed by atoms with Crippen LogP contribution in [0.1, 0.15) is 4.88 Å². The summed E-state index contributed by atoms with van der Waals surface area (Å²) in [6.07, 6.45) is 0. The normalized spacial score (nSPS) is 17.3. The molecule has 0 aliphatic carbocycles. The van der Waals surface area contributed by atoms with E-state index in [1.807, 2.05) is 12.1 Å². The standard InChI is InChI=1S/C9H9BrN2O2S/c10-7-2-1-6(15-7)5-12-8(13)3-11-4-9(12)14/h1-2,11H,3-5H2. The van der Waals surface area contributed by atoms with Crippen LogP contribution in [0.2, 0.25) is 0 Å². The third-order valence-corrected chi connectivity index (χ3v) is 3.71. The van der Waals surface area contributed by atoms with Crippen LogP contribution in [0.3, 0.4) is 0 Å². The Balaban J connectivity index is 2.09. The van der Waals surface area contributed by atoms with E-state index in [-0.39, 0.29) is 24.9 Å². The van der Waals surface area contributed by atoms with E-state index in [4.69, 9.17) is 0 Å². The molecule has 1 saturated heterocycles. The highest BCUT2D eigenvalue weighted by Gasteiger charge is 2.25. The highest BCUT2D eigenvalue weighted by atomic mass is 79.9. The van der Waals surface area contributed by atoms with E-state index in [2.05, 4.69) is 21.2 Å². The lowest BCUT2D eigenvalue weighted by Crippen LogP contribution is -2.51. The molecule has 0 unspecified atom stereocenters. The Bertz CT molecular complexity index is 389. The van der Waals surface area contributed by atoms with Gasteiger partial charge in [0.25, 0.3) is 0 Å². The van der Waals surface area contributed by atoms with Crippen LogP contribution in [-0.4, -0.2) is 29.8 Å². The Morgan fingerprint density at radius 3 is 2.53 bits per heavy atom. The zero-order valence-corrected chi connectivity index (χ0v) is 10.2. The van der Waals surface area contributed by atoms with Gasteiger partial charge in [-0.15, -0.1) is 11.3 Å². The summed E-state index contributed by atoms with van der Waals surface area (Å²) >= 11 is 4.88. The lowest BCUT2D eigenvalue weighted by Gasteiger charge is -2.24. The van der Waals surface area contributed by atoms with Crippen molar-refractivity contribution in [2.24, 2.45) is 0 Å². The molecule has 1 aromatic rings. The van der Waals surface area contributed by atoms with Crippen molar-refractivity contribution in [2.45, 2.75) is 6.54 Å². The maximum Gasteiger partial charge on any atom is 0.243 e. The SMILES string of the molecule is O=C1CNCC(=O)N1Cc1ccc(Br)s1. The van der Waals surface area contributed by atoms with Crippen molar-refractivity contribution in [3.05, 3.63) is 20.8 Å². The molecule has 1 aliphatic rings. The van der Waals surface area contributed by atoms with Gasteiger partial charge in [-0.1, -0.05) is 0 Å². The van der Waals surface area contributed by atoms with Gasteiger partial charge in [0.15, 0.2) is 0 Å². The van der Waals surface area contributed by atoms with Gasteiger partial charge in [-0.3, -0.25) is 19.8 Å². The van der Waals surface area contributed by atoms with E-state index in [0.29, 0.717) is 6.54 Å². The highest BCUT2D eigenvalue weighted by Crippen LogP contribution is 2.23. The van der Waals surface area contributed by atoms with Crippen LogP contribution in [-0.2, 0) is 16.1 Å². The first-order valence-electron chi connectivity index (χ1n) is 4.45. The van der Waals surface area contributed by atoms with E-state index in [9.17, 15) is 9.59 Å². The molecule has 15 heavy (non-hydrogen) atoms. The Morgan fingerprint density at radius 1 is 1.33 bits per heavy atom. The molecule has 6 heteroatoms. The molecule has 0 aromatic carbocycles. The van der Waals surface area contributed by atoms with E-state index >= 15 is 0 Å². The van der Waals surface area contributed by atoms with Crippen molar-refractivity contribution in [3.8, 4) is 0 Å². The summed E-state index contributed by atoms with van der Waals surface area (Å²) < 4.78 is 1.01. The van der Waals surface area contributed by atoms with E-state index in [0.717, 1.165) is 8.66 Å². The van der Waals surface area contributed by atoms with Crippen LogP contribution in [0, 0.1) is 0 Å². The van der Waals surface area contributed by atoms with Crippen molar-refractivity contribution in [1.82, 2.24) is 10.2 Å². The summed E-state index contributed by atoms with van der Waals surface area (Å²) in [7, 11) is 0. The molecular formula is C9H9BrN2O2S. The van der Waals surface area contributed by atoms with Gasteiger partial charge in [0.05, 0.1) is 23.4 Å². The lowest BCUT2D eigenvalue weighted by molar-refractivity contribution is -0.147. The number of carbonyl (C=O) groups excluding carboxylic acids is 2. The first-order chi connectivity index (χ1) is 7.16. The van der Waals surface area contributed by atoms with Gasteiger partial charge in [0.2, 0.25) is 11.8 Å². The summed E-state index contributed by atoms with van der Waals surface area (Å²) in [5.41, 5.74) is 0. The molecule has 0 bridgehead atoms. The number of hydrogen-bond acceptors (Lipinski definition) is 4. The Morgan fingerprint density at radius 2 is 2.00 bits per heavy atom. The fraction of sp³-hybridized carbons (Fsp3) is 0.333. The van der Waals surface area contributed by atoms with E-state index < -0.39 is 0 Å². The minimum atomic E-state index is -0.157. The topological polar surface area (TPSA) is 49.4 Å². The predicted octanol–water partition coefficient (Wildman–Crippen LogP) is 0.969. The molecule has 2 amide bonds. The van der Waals surface area contributed by atoms with E-state index in [1.165, 1.54) is 16.2 Å². The predicted molar refractivity (Wildman–Crippen MR) is 60.4 cm³/mol. The molecule has 1 aliphatic heterocycles. The van der Waals surface area contributed by atoms with Crippen LogP contribution in [0.5, 0.6) is 0 Å². The first kappa shape index (κ1) is 10.8. The number of hydrogen-bond donors (Lipinski definition) is 1. The molecule has 2 rings (SSSR count). The van der Waals surface area contributed by atoms with Gasteiger partial charge in [0, 0.05) is 4.88 Å². The summed E-state index contributed by atoms with van der Waals surface area (Å²) in [6, 6.07) is 3.83. The fourth-order valence-corrected chi connectivity index (χ4v) is 2.85. The molecule has 1 N–H and O–H groups in total. The second kappa shape index (κ2) is 4.42. The first-order valence-corrected chi connectivity index (χ1v) is 6.06. The quantitative estimate of drug-likeness (QED) is 0.825. The highest BCUT2D eigenvalue weighted by molar-refractivity contribution is 9.11. The second-order valence-electron chi connectivity index (χ2n) is 3.18. The molecule has 0 atom stereocenters. The van der Waals surface area contributed by atoms with Crippen molar-refractivity contribution in [2.75, 3.05) is 13.1 Å². The Hall–Kier alpha value is -0.720. The summed E-state index contributed by atoms with van der Waals surface area (Å²) in [4.78, 5) is 25.2. The number of nitrogens with zero attached hydrogens (tertiary/aromatic N) is 1. The van der Waals surface area contributed by atoms with Crippen molar-refractivity contribution >= 4 is 39.1 Å².